The number of carbonyl (C=O) groups is 1. The zero-order valence-corrected chi connectivity index (χ0v) is 18.6. The Morgan fingerprint density at radius 2 is 1.85 bits per heavy atom. The Labute approximate surface area is 195 Å². The summed E-state index contributed by atoms with van der Waals surface area (Å²) in [5.74, 6) is 1.20. The second kappa shape index (κ2) is 7.75. The first-order valence-electron chi connectivity index (χ1n) is 11.7. The van der Waals surface area contributed by atoms with E-state index in [4.69, 9.17) is 0 Å². The molecular formula is C24H25FN6O3. The van der Waals surface area contributed by atoms with Gasteiger partial charge in [0.2, 0.25) is 5.69 Å². The van der Waals surface area contributed by atoms with Crippen molar-refractivity contribution in [3.05, 3.63) is 69.9 Å². The zero-order valence-electron chi connectivity index (χ0n) is 18.6. The van der Waals surface area contributed by atoms with Crippen LogP contribution in [0.5, 0.6) is 0 Å². The van der Waals surface area contributed by atoms with Gasteiger partial charge in [0.25, 0.3) is 5.91 Å². The highest BCUT2D eigenvalue weighted by Gasteiger charge is 2.53. The fourth-order valence-corrected chi connectivity index (χ4v) is 6.76. The molecule has 0 unspecified atom stereocenters. The number of nitrogens with zero attached hydrogens (tertiary/aromatic N) is 5. The van der Waals surface area contributed by atoms with Gasteiger partial charge in [-0.15, -0.1) is 0 Å². The fourth-order valence-electron chi connectivity index (χ4n) is 6.76. The first kappa shape index (κ1) is 21.0. The minimum Gasteiger partial charge on any atom is -0.303 e. The predicted octanol–water partition coefficient (Wildman–Crippen LogP) is 4.35. The Balaban J connectivity index is 1.23. The molecule has 4 fully saturated rings. The lowest BCUT2D eigenvalue weighted by Gasteiger charge is -2.56. The lowest BCUT2D eigenvalue weighted by molar-refractivity contribution is -0.385. The molecule has 1 amide bonds. The molecule has 4 aliphatic carbocycles. The molecule has 9 nitrogen and oxygen atoms in total. The highest BCUT2D eigenvalue weighted by molar-refractivity contribution is 6.05. The van der Waals surface area contributed by atoms with Crippen LogP contribution in [0.3, 0.4) is 0 Å². The fraction of sp³-hybridized carbons (Fsp3) is 0.458. The number of aromatic nitrogens is 4. The number of anilines is 1. The summed E-state index contributed by atoms with van der Waals surface area (Å²) in [6.07, 6.45) is 9.76. The molecule has 4 aliphatic rings. The number of benzene rings is 1. The monoisotopic (exact) mass is 464 g/mol. The quantitative estimate of drug-likeness (QED) is 0.431. The molecule has 7 rings (SSSR count). The summed E-state index contributed by atoms with van der Waals surface area (Å²) in [7, 11) is 0. The summed E-state index contributed by atoms with van der Waals surface area (Å²) >= 11 is 0. The second-order valence-corrected chi connectivity index (χ2v) is 10.2. The van der Waals surface area contributed by atoms with Gasteiger partial charge in [-0.05, 0) is 74.0 Å². The number of carbonyl (C=O) groups excluding carboxylic acids is 1. The number of hydrogen-bond acceptors (Lipinski definition) is 5. The maximum atomic E-state index is 13.4. The van der Waals surface area contributed by atoms with Crippen LogP contribution >= 0.6 is 0 Å². The molecule has 2 aromatic heterocycles. The number of halogens is 1. The Morgan fingerprint density at radius 3 is 2.50 bits per heavy atom. The molecular weight excluding hydrogens is 439 g/mol. The van der Waals surface area contributed by atoms with E-state index in [2.05, 4.69) is 15.5 Å². The molecule has 2 heterocycles. The molecule has 4 bridgehead atoms. The number of amides is 1. The van der Waals surface area contributed by atoms with Crippen molar-refractivity contribution in [3.63, 3.8) is 0 Å². The van der Waals surface area contributed by atoms with Gasteiger partial charge in [0.1, 0.15) is 12.0 Å². The number of hydrogen-bond donors (Lipinski definition) is 1. The SMILES string of the molecule is O=C(Nc1ccn(Cc2cccc(F)c2)n1)c1nn(C23CC4CC(CC(C4)C2)C3)cc1[N+](=O)[O-]. The van der Waals surface area contributed by atoms with E-state index in [1.165, 1.54) is 37.6 Å². The van der Waals surface area contributed by atoms with E-state index in [0.717, 1.165) is 24.8 Å². The largest absolute Gasteiger partial charge is 0.320 e. The highest BCUT2D eigenvalue weighted by atomic mass is 19.1. The van der Waals surface area contributed by atoms with Gasteiger partial charge in [0, 0.05) is 12.3 Å². The van der Waals surface area contributed by atoms with E-state index in [-0.39, 0.29) is 28.6 Å². The van der Waals surface area contributed by atoms with Crippen molar-refractivity contribution in [1.82, 2.24) is 19.6 Å². The molecule has 0 atom stereocenters. The molecule has 0 aliphatic heterocycles. The van der Waals surface area contributed by atoms with E-state index < -0.39 is 10.8 Å². The van der Waals surface area contributed by atoms with Crippen LogP contribution in [0.2, 0.25) is 0 Å². The third-order valence-electron chi connectivity index (χ3n) is 7.71. The van der Waals surface area contributed by atoms with Crippen molar-refractivity contribution in [2.24, 2.45) is 17.8 Å². The van der Waals surface area contributed by atoms with Crippen LogP contribution in [0.25, 0.3) is 0 Å². The van der Waals surface area contributed by atoms with Gasteiger partial charge in [-0.2, -0.15) is 10.2 Å². The number of nitro groups is 1. The average molecular weight is 465 g/mol. The van der Waals surface area contributed by atoms with Gasteiger partial charge in [0.15, 0.2) is 5.82 Å². The summed E-state index contributed by atoms with van der Waals surface area (Å²) in [4.78, 5) is 24.2. The summed E-state index contributed by atoms with van der Waals surface area (Å²) in [5, 5.41) is 23.2. The van der Waals surface area contributed by atoms with E-state index >= 15 is 0 Å². The average Bonchev–Trinajstić information content (AvgIpc) is 3.41. The molecule has 3 aromatic rings. The second-order valence-electron chi connectivity index (χ2n) is 10.2. The summed E-state index contributed by atoms with van der Waals surface area (Å²) < 4.78 is 16.7. The third-order valence-corrected chi connectivity index (χ3v) is 7.71. The van der Waals surface area contributed by atoms with E-state index in [1.807, 2.05) is 0 Å². The van der Waals surface area contributed by atoms with Crippen LogP contribution in [-0.2, 0) is 12.1 Å². The zero-order chi connectivity index (χ0) is 23.4. The Morgan fingerprint density at radius 1 is 1.15 bits per heavy atom. The molecule has 176 valence electrons. The van der Waals surface area contributed by atoms with Gasteiger partial charge >= 0.3 is 5.69 Å². The minimum absolute atomic E-state index is 0.194. The maximum absolute atomic E-state index is 13.4. The molecule has 4 saturated carbocycles. The maximum Gasteiger partial charge on any atom is 0.320 e. The van der Waals surface area contributed by atoms with Crippen molar-refractivity contribution >= 4 is 17.4 Å². The number of rotatable bonds is 6. The lowest BCUT2D eigenvalue weighted by Crippen LogP contribution is -2.52. The van der Waals surface area contributed by atoms with E-state index in [9.17, 15) is 19.3 Å². The van der Waals surface area contributed by atoms with Crippen LogP contribution in [0.1, 0.15) is 54.6 Å². The lowest BCUT2D eigenvalue weighted by atomic mass is 9.53. The van der Waals surface area contributed by atoms with E-state index in [0.29, 0.717) is 24.3 Å². The molecule has 0 spiro atoms. The first-order chi connectivity index (χ1) is 16.4. The van der Waals surface area contributed by atoms with Crippen molar-refractivity contribution in [1.29, 1.82) is 0 Å². The number of nitrogens with one attached hydrogen (secondary N) is 1. The molecule has 34 heavy (non-hydrogen) atoms. The molecule has 1 aromatic carbocycles. The predicted molar refractivity (Wildman–Crippen MR) is 121 cm³/mol. The minimum atomic E-state index is -0.661. The third kappa shape index (κ3) is 3.66. The summed E-state index contributed by atoms with van der Waals surface area (Å²) in [5.41, 5.74) is 0.0312. The summed E-state index contributed by atoms with van der Waals surface area (Å²) in [6.45, 7) is 0.328. The summed E-state index contributed by atoms with van der Waals surface area (Å²) in [6, 6.07) is 7.78. The Hall–Kier alpha value is -3.56. The van der Waals surface area contributed by atoms with Crippen LogP contribution < -0.4 is 5.32 Å². The van der Waals surface area contributed by atoms with Gasteiger partial charge in [-0.25, -0.2) is 4.39 Å². The van der Waals surface area contributed by atoms with Gasteiger partial charge in [-0.3, -0.25) is 24.3 Å². The Bertz CT molecular complexity index is 1250. The standard InChI is InChI=1S/C24H25FN6O3/c25-19-3-1-2-15(9-19)13-29-5-4-21(27-29)26-23(32)22-20(31(33)34)14-30(28-22)24-10-16-6-17(11-24)8-18(7-16)12-24/h1-5,9,14,16-18H,6-8,10-13H2,(H,26,27,32). The Kier molecular flexibility index (Phi) is 4.79. The van der Waals surface area contributed by atoms with Crippen molar-refractivity contribution < 1.29 is 14.1 Å². The van der Waals surface area contributed by atoms with Gasteiger partial charge in [0.05, 0.1) is 17.0 Å². The molecule has 0 radical (unpaired) electrons. The van der Waals surface area contributed by atoms with Crippen LogP contribution in [0, 0.1) is 33.7 Å². The molecule has 0 saturated heterocycles. The van der Waals surface area contributed by atoms with Crippen molar-refractivity contribution in [2.45, 2.75) is 50.6 Å². The van der Waals surface area contributed by atoms with Crippen molar-refractivity contribution in [3.8, 4) is 0 Å². The molecule has 1 N–H and O–H groups in total. The topological polar surface area (TPSA) is 108 Å². The van der Waals surface area contributed by atoms with Crippen LogP contribution in [-0.4, -0.2) is 30.4 Å². The normalized spacial score (nSPS) is 27.1. The highest BCUT2D eigenvalue weighted by Crippen LogP contribution is 2.58. The van der Waals surface area contributed by atoms with Gasteiger partial charge in [-0.1, -0.05) is 12.1 Å². The van der Waals surface area contributed by atoms with Gasteiger partial charge < -0.3 is 5.32 Å². The van der Waals surface area contributed by atoms with E-state index in [1.54, 1.807) is 33.8 Å². The van der Waals surface area contributed by atoms with Crippen LogP contribution in [0.15, 0.2) is 42.7 Å². The van der Waals surface area contributed by atoms with Crippen molar-refractivity contribution in [2.75, 3.05) is 5.32 Å². The first-order valence-corrected chi connectivity index (χ1v) is 11.7. The van der Waals surface area contributed by atoms with Crippen LogP contribution in [0.4, 0.5) is 15.9 Å². The smallest absolute Gasteiger partial charge is 0.303 e. The molecule has 10 heteroatoms.